The topological polar surface area (TPSA) is 89.5 Å². The minimum absolute atomic E-state index is 0. The number of halogens is 2. The van der Waals surface area contributed by atoms with Crippen LogP contribution in [0.2, 0.25) is 5.02 Å². The molecule has 0 aromatic heterocycles. The summed E-state index contributed by atoms with van der Waals surface area (Å²) in [5.74, 6) is -0.392. The molecule has 0 saturated carbocycles. The van der Waals surface area contributed by atoms with Gasteiger partial charge in [0, 0.05) is 30.2 Å². The van der Waals surface area contributed by atoms with Crippen LogP contribution in [0.25, 0.3) is 0 Å². The summed E-state index contributed by atoms with van der Waals surface area (Å²) >= 11 is 5.78. The molecule has 19 heavy (non-hydrogen) atoms. The average molecular weight is 306 g/mol. The molecule has 1 atom stereocenters. The van der Waals surface area contributed by atoms with E-state index >= 15 is 0 Å². The van der Waals surface area contributed by atoms with E-state index in [1.165, 1.54) is 23.1 Å². The van der Waals surface area contributed by atoms with Crippen molar-refractivity contribution in [3.05, 3.63) is 38.9 Å². The van der Waals surface area contributed by atoms with Crippen LogP contribution in [-0.4, -0.2) is 34.9 Å². The van der Waals surface area contributed by atoms with Crippen LogP contribution >= 0.6 is 24.0 Å². The van der Waals surface area contributed by atoms with Gasteiger partial charge in [0.2, 0.25) is 0 Å². The fourth-order valence-corrected chi connectivity index (χ4v) is 2.15. The molecule has 0 unspecified atom stereocenters. The molecule has 0 aliphatic carbocycles. The number of amides is 1. The molecule has 0 bridgehead atoms. The highest BCUT2D eigenvalue weighted by molar-refractivity contribution is 6.31. The van der Waals surface area contributed by atoms with Crippen LogP contribution in [0.4, 0.5) is 5.69 Å². The van der Waals surface area contributed by atoms with Crippen LogP contribution in [0.3, 0.4) is 0 Å². The maximum Gasteiger partial charge on any atom is 0.282 e. The van der Waals surface area contributed by atoms with Crippen LogP contribution in [-0.2, 0) is 0 Å². The molecule has 1 aromatic carbocycles. The number of nitrogens with zero attached hydrogens (tertiary/aromatic N) is 2. The van der Waals surface area contributed by atoms with E-state index in [-0.39, 0.29) is 29.7 Å². The number of nitrogens with two attached hydrogens (primary N) is 1. The Morgan fingerprint density at radius 2 is 2.21 bits per heavy atom. The SMILES string of the molecule is Cl.N[C@H]1CCN(C(=O)c2cc(Cl)ccc2[N+](=O)[O-])C1. The summed E-state index contributed by atoms with van der Waals surface area (Å²) < 4.78 is 0. The van der Waals surface area contributed by atoms with Crippen LogP contribution < -0.4 is 5.73 Å². The Labute approximate surface area is 121 Å². The normalized spacial score (nSPS) is 18.0. The standard InChI is InChI=1S/C11H12ClN3O3.ClH/c12-7-1-2-10(15(17)18)9(5-7)11(16)14-4-3-8(13)6-14;/h1-2,5,8H,3-4,6,13H2;1H/t8-;/m0./s1. The van der Waals surface area contributed by atoms with Gasteiger partial charge in [0.05, 0.1) is 4.92 Å². The Morgan fingerprint density at radius 3 is 2.74 bits per heavy atom. The van der Waals surface area contributed by atoms with Gasteiger partial charge in [-0.25, -0.2) is 0 Å². The van der Waals surface area contributed by atoms with E-state index in [1.54, 1.807) is 0 Å². The molecule has 1 aromatic rings. The summed E-state index contributed by atoms with van der Waals surface area (Å²) in [5, 5.41) is 11.2. The number of hydrogen-bond donors (Lipinski definition) is 1. The van der Waals surface area contributed by atoms with Crippen molar-refractivity contribution in [2.75, 3.05) is 13.1 Å². The lowest BCUT2D eigenvalue weighted by Gasteiger charge is -2.15. The fourth-order valence-electron chi connectivity index (χ4n) is 1.98. The van der Waals surface area contributed by atoms with Crippen molar-refractivity contribution in [2.24, 2.45) is 5.73 Å². The van der Waals surface area contributed by atoms with Gasteiger partial charge in [-0.1, -0.05) is 11.6 Å². The van der Waals surface area contributed by atoms with Crippen molar-refractivity contribution >= 4 is 35.6 Å². The maximum absolute atomic E-state index is 12.2. The van der Waals surface area contributed by atoms with Crippen molar-refractivity contribution in [2.45, 2.75) is 12.5 Å². The molecule has 1 aliphatic heterocycles. The largest absolute Gasteiger partial charge is 0.337 e. The van der Waals surface area contributed by atoms with E-state index in [9.17, 15) is 14.9 Å². The molecule has 1 heterocycles. The Morgan fingerprint density at radius 1 is 1.53 bits per heavy atom. The zero-order chi connectivity index (χ0) is 13.3. The number of likely N-dealkylation sites (tertiary alicyclic amines) is 1. The second kappa shape index (κ2) is 6.18. The first-order valence-corrected chi connectivity index (χ1v) is 5.85. The van der Waals surface area contributed by atoms with Crippen molar-refractivity contribution < 1.29 is 9.72 Å². The average Bonchev–Trinajstić information content (AvgIpc) is 2.74. The lowest BCUT2D eigenvalue weighted by atomic mass is 10.1. The summed E-state index contributed by atoms with van der Waals surface area (Å²) in [5.41, 5.74) is 5.50. The third kappa shape index (κ3) is 3.34. The summed E-state index contributed by atoms with van der Waals surface area (Å²) in [7, 11) is 0. The maximum atomic E-state index is 12.2. The quantitative estimate of drug-likeness (QED) is 0.667. The van der Waals surface area contributed by atoms with Crippen molar-refractivity contribution in [3.8, 4) is 0 Å². The molecule has 104 valence electrons. The minimum Gasteiger partial charge on any atom is -0.337 e. The van der Waals surface area contributed by atoms with E-state index in [4.69, 9.17) is 17.3 Å². The van der Waals surface area contributed by atoms with Gasteiger partial charge in [0.1, 0.15) is 5.56 Å². The first-order valence-electron chi connectivity index (χ1n) is 5.48. The third-order valence-corrected chi connectivity index (χ3v) is 3.13. The summed E-state index contributed by atoms with van der Waals surface area (Å²) in [4.78, 5) is 24.0. The van der Waals surface area contributed by atoms with Gasteiger partial charge in [0.15, 0.2) is 0 Å². The molecule has 6 nitrogen and oxygen atoms in total. The third-order valence-electron chi connectivity index (χ3n) is 2.90. The van der Waals surface area contributed by atoms with Crippen LogP contribution in [0.5, 0.6) is 0 Å². The molecule has 1 fully saturated rings. The first-order chi connectivity index (χ1) is 8.49. The molecular formula is C11H13Cl2N3O3. The van der Waals surface area contributed by atoms with Gasteiger partial charge in [-0.2, -0.15) is 0 Å². The van der Waals surface area contributed by atoms with E-state index in [2.05, 4.69) is 0 Å². The van der Waals surface area contributed by atoms with E-state index in [0.717, 1.165) is 0 Å². The van der Waals surface area contributed by atoms with Crippen molar-refractivity contribution in [1.29, 1.82) is 0 Å². The predicted molar refractivity (Wildman–Crippen MR) is 73.9 cm³/mol. The molecule has 1 saturated heterocycles. The lowest BCUT2D eigenvalue weighted by Crippen LogP contribution is -2.32. The fraction of sp³-hybridized carbons (Fsp3) is 0.364. The highest BCUT2D eigenvalue weighted by atomic mass is 35.5. The van der Waals surface area contributed by atoms with Gasteiger partial charge in [-0.15, -0.1) is 12.4 Å². The Bertz CT molecular complexity index is 510. The smallest absolute Gasteiger partial charge is 0.282 e. The summed E-state index contributed by atoms with van der Waals surface area (Å²) in [6.45, 7) is 0.937. The van der Waals surface area contributed by atoms with Crippen molar-refractivity contribution in [1.82, 2.24) is 4.90 Å². The Hall–Kier alpha value is -1.37. The first kappa shape index (κ1) is 15.7. The molecule has 1 amide bonds. The zero-order valence-corrected chi connectivity index (χ0v) is 11.5. The van der Waals surface area contributed by atoms with Gasteiger partial charge in [0.25, 0.3) is 11.6 Å². The predicted octanol–water partition coefficient (Wildman–Crippen LogP) is 1.84. The molecule has 2 rings (SSSR count). The lowest BCUT2D eigenvalue weighted by molar-refractivity contribution is -0.385. The number of carbonyl (C=O) groups excluding carboxylic acids is 1. The second-order valence-electron chi connectivity index (χ2n) is 4.22. The highest BCUT2D eigenvalue weighted by Gasteiger charge is 2.29. The minimum atomic E-state index is -0.584. The summed E-state index contributed by atoms with van der Waals surface area (Å²) in [6.07, 6.45) is 0.708. The van der Waals surface area contributed by atoms with Crippen molar-refractivity contribution in [3.63, 3.8) is 0 Å². The molecular weight excluding hydrogens is 293 g/mol. The summed E-state index contributed by atoms with van der Waals surface area (Å²) in [6, 6.07) is 3.90. The van der Waals surface area contributed by atoms with Gasteiger partial charge in [-0.3, -0.25) is 14.9 Å². The van der Waals surface area contributed by atoms with Crippen LogP contribution in [0.15, 0.2) is 18.2 Å². The molecule has 1 aliphatic rings. The number of nitro groups is 1. The van der Waals surface area contributed by atoms with Gasteiger partial charge < -0.3 is 10.6 Å². The highest BCUT2D eigenvalue weighted by Crippen LogP contribution is 2.25. The number of rotatable bonds is 2. The zero-order valence-electron chi connectivity index (χ0n) is 9.91. The molecule has 0 spiro atoms. The number of benzene rings is 1. The number of hydrogen-bond acceptors (Lipinski definition) is 4. The molecule has 0 radical (unpaired) electrons. The van der Waals surface area contributed by atoms with E-state index in [1.807, 2.05) is 0 Å². The number of nitro benzene ring substituents is 1. The van der Waals surface area contributed by atoms with E-state index in [0.29, 0.717) is 24.5 Å². The van der Waals surface area contributed by atoms with E-state index < -0.39 is 10.8 Å². The van der Waals surface area contributed by atoms with Gasteiger partial charge in [-0.05, 0) is 18.6 Å². The van der Waals surface area contributed by atoms with Crippen LogP contribution in [0.1, 0.15) is 16.8 Å². The monoisotopic (exact) mass is 305 g/mol. The number of carbonyl (C=O) groups is 1. The van der Waals surface area contributed by atoms with Crippen LogP contribution in [0, 0.1) is 10.1 Å². The Kier molecular flexibility index (Phi) is 5.11. The second-order valence-corrected chi connectivity index (χ2v) is 4.65. The molecule has 2 N–H and O–H groups in total. The Balaban J connectivity index is 0.00000180. The molecule has 8 heteroatoms. The van der Waals surface area contributed by atoms with Gasteiger partial charge >= 0.3 is 0 Å².